The van der Waals surface area contributed by atoms with E-state index in [-0.39, 0.29) is 24.0 Å². The SMILES string of the molecule is CC1C(=O)N(c2ccc3ncsc3c2)C(=O)N1C1CCC1. The van der Waals surface area contributed by atoms with Gasteiger partial charge in [-0.1, -0.05) is 0 Å². The van der Waals surface area contributed by atoms with Crippen LogP contribution in [0.1, 0.15) is 26.2 Å². The van der Waals surface area contributed by atoms with Crippen LogP contribution >= 0.6 is 11.3 Å². The summed E-state index contributed by atoms with van der Waals surface area (Å²) in [5.41, 5.74) is 3.31. The van der Waals surface area contributed by atoms with Gasteiger partial charge in [-0.3, -0.25) is 4.79 Å². The molecule has 1 saturated carbocycles. The molecule has 1 aliphatic heterocycles. The van der Waals surface area contributed by atoms with Crippen LogP contribution in [0.15, 0.2) is 23.7 Å². The quantitative estimate of drug-likeness (QED) is 0.801. The zero-order valence-corrected chi connectivity index (χ0v) is 12.5. The Kier molecular flexibility index (Phi) is 2.75. The molecule has 6 heteroatoms. The van der Waals surface area contributed by atoms with Gasteiger partial charge in [0, 0.05) is 6.04 Å². The highest BCUT2D eigenvalue weighted by atomic mass is 32.1. The van der Waals surface area contributed by atoms with Crippen LogP contribution in [0, 0.1) is 0 Å². The van der Waals surface area contributed by atoms with Crippen molar-refractivity contribution in [2.45, 2.75) is 38.3 Å². The largest absolute Gasteiger partial charge is 0.332 e. The van der Waals surface area contributed by atoms with Crippen molar-refractivity contribution in [2.75, 3.05) is 4.90 Å². The maximum Gasteiger partial charge on any atom is 0.332 e. The Bertz CT molecular complexity index is 737. The van der Waals surface area contributed by atoms with E-state index in [9.17, 15) is 9.59 Å². The number of imide groups is 1. The topological polar surface area (TPSA) is 53.5 Å². The van der Waals surface area contributed by atoms with E-state index in [1.807, 2.05) is 19.1 Å². The number of hydrogen-bond acceptors (Lipinski definition) is 4. The summed E-state index contributed by atoms with van der Waals surface area (Å²) in [6.45, 7) is 1.82. The summed E-state index contributed by atoms with van der Waals surface area (Å²) >= 11 is 1.51. The minimum absolute atomic E-state index is 0.129. The average Bonchev–Trinajstić information content (AvgIpc) is 2.96. The van der Waals surface area contributed by atoms with E-state index < -0.39 is 0 Å². The molecule has 0 radical (unpaired) electrons. The highest BCUT2D eigenvalue weighted by Gasteiger charge is 2.47. The van der Waals surface area contributed by atoms with Gasteiger partial charge in [0.15, 0.2) is 0 Å². The highest BCUT2D eigenvalue weighted by Crippen LogP contribution is 2.34. The highest BCUT2D eigenvalue weighted by molar-refractivity contribution is 7.16. The van der Waals surface area contributed by atoms with Crippen LogP contribution < -0.4 is 4.90 Å². The van der Waals surface area contributed by atoms with Crippen LogP contribution in [-0.4, -0.2) is 33.9 Å². The summed E-state index contributed by atoms with van der Waals surface area (Å²) in [5.74, 6) is -0.129. The predicted octanol–water partition coefficient (Wildman–Crippen LogP) is 3.01. The van der Waals surface area contributed by atoms with Gasteiger partial charge in [-0.05, 0) is 44.4 Å². The lowest BCUT2D eigenvalue weighted by Crippen LogP contribution is -2.45. The summed E-state index contributed by atoms with van der Waals surface area (Å²) in [6, 6.07) is 5.22. The Morgan fingerprint density at radius 2 is 2.10 bits per heavy atom. The molecule has 1 aliphatic carbocycles. The lowest BCUT2D eigenvalue weighted by atomic mass is 9.91. The third-order valence-electron chi connectivity index (χ3n) is 4.45. The molecule has 2 fully saturated rings. The molecule has 1 atom stereocenters. The van der Waals surface area contributed by atoms with Crippen LogP contribution in [0.3, 0.4) is 0 Å². The summed E-state index contributed by atoms with van der Waals surface area (Å²) in [4.78, 5) is 32.4. The number of urea groups is 1. The van der Waals surface area contributed by atoms with E-state index in [0.717, 1.165) is 29.5 Å². The average molecular weight is 301 g/mol. The Balaban J connectivity index is 1.73. The van der Waals surface area contributed by atoms with E-state index in [1.165, 1.54) is 16.2 Å². The number of fused-ring (bicyclic) bond motifs is 1. The number of carbonyl (C=O) groups is 2. The Labute approximate surface area is 126 Å². The fourth-order valence-electron chi connectivity index (χ4n) is 3.04. The first-order chi connectivity index (χ1) is 10.2. The first-order valence-corrected chi connectivity index (χ1v) is 8.04. The molecule has 5 nitrogen and oxygen atoms in total. The summed E-state index contributed by atoms with van der Waals surface area (Å²) in [7, 11) is 0. The third kappa shape index (κ3) is 1.78. The number of aromatic nitrogens is 1. The number of amides is 3. The second-order valence-electron chi connectivity index (χ2n) is 5.63. The zero-order chi connectivity index (χ0) is 14.6. The molecule has 1 unspecified atom stereocenters. The van der Waals surface area contributed by atoms with Gasteiger partial charge < -0.3 is 4.90 Å². The number of anilines is 1. The van der Waals surface area contributed by atoms with Gasteiger partial charge in [0.05, 0.1) is 21.4 Å². The number of thiazole rings is 1. The van der Waals surface area contributed by atoms with Gasteiger partial charge in [0.25, 0.3) is 5.91 Å². The Morgan fingerprint density at radius 3 is 2.81 bits per heavy atom. The summed E-state index contributed by atoms with van der Waals surface area (Å²) in [5, 5.41) is 0. The van der Waals surface area contributed by atoms with Crippen molar-refractivity contribution in [3.63, 3.8) is 0 Å². The van der Waals surface area contributed by atoms with E-state index >= 15 is 0 Å². The second kappa shape index (κ2) is 4.53. The molecular formula is C15H15N3O2S. The summed E-state index contributed by atoms with van der Waals surface area (Å²) < 4.78 is 0.989. The monoisotopic (exact) mass is 301 g/mol. The standard InChI is InChI=1S/C15H15N3O2S/c1-9-14(19)18(15(20)17(9)10-3-2-4-10)11-5-6-12-13(7-11)21-8-16-12/h5-10H,2-4H2,1H3. The van der Waals surface area contributed by atoms with Gasteiger partial charge >= 0.3 is 6.03 Å². The summed E-state index contributed by atoms with van der Waals surface area (Å²) in [6.07, 6.45) is 3.15. The van der Waals surface area contributed by atoms with Gasteiger partial charge in [0.1, 0.15) is 6.04 Å². The lowest BCUT2D eigenvalue weighted by molar-refractivity contribution is -0.119. The van der Waals surface area contributed by atoms with Crippen molar-refractivity contribution in [1.29, 1.82) is 0 Å². The molecule has 0 N–H and O–H groups in total. The fourth-order valence-corrected chi connectivity index (χ4v) is 3.75. The van der Waals surface area contributed by atoms with Gasteiger partial charge in [-0.2, -0.15) is 0 Å². The Hall–Kier alpha value is -1.95. The Morgan fingerprint density at radius 1 is 1.29 bits per heavy atom. The molecule has 3 amide bonds. The third-order valence-corrected chi connectivity index (χ3v) is 5.24. The van der Waals surface area contributed by atoms with E-state index in [1.54, 1.807) is 16.5 Å². The number of rotatable bonds is 2. The van der Waals surface area contributed by atoms with Crippen molar-refractivity contribution in [1.82, 2.24) is 9.88 Å². The normalized spacial score (nSPS) is 23.2. The molecule has 108 valence electrons. The zero-order valence-electron chi connectivity index (χ0n) is 11.7. The molecular weight excluding hydrogens is 286 g/mol. The number of benzene rings is 1. The minimum atomic E-state index is -0.361. The maximum atomic E-state index is 12.7. The molecule has 1 saturated heterocycles. The van der Waals surface area contributed by atoms with Crippen LogP contribution in [0.4, 0.5) is 10.5 Å². The van der Waals surface area contributed by atoms with Gasteiger partial charge in [0.2, 0.25) is 0 Å². The molecule has 21 heavy (non-hydrogen) atoms. The molecule has 2 aliphatic rings. The first-order valence-electron chi connectivity index (χ1n) is 7.16. The van der Waals surface area contributed by atoms with E-state index in [2.05, 4.69) is 4.98 Å². The van der Waals surface area contributed by atoms with E-state index in [0.29, 0.717) is 5.69 Å². The molecule has 2 aromatic rings. The van der Waals surface area contributed by atoms with Crippen molar-refractivity contribution >= 4 is 39.2 Å². The predicted molar refractivity (Wildman–Crippen MR) is 81.4 cm³/mol. The molecule has 0 bridgehead atoms. The van der Waals surface area contributed by atoms with Crippen molar-refractivity contribution < 1.29 is 9.59 Å². The van der Waals surface area contributed by atoms with Crippen molar-refractivity contribution in [3.05, 3.63) is 23.7 Å². The van der Waals surface area contributed by atoms with Crippen LogP contribution in [0.5, 0.6) is 0 Å². The number of nitrogens with zero attached hydrogens (tertiary/aromatic N) is 3. The van der Waals surface area contributed by atoms with Gasteiger partial charge in [-0.15, -0.1) is 11.3 Å². The second-order valence-corrected chi connectivity index (χ2v) is 6.51. The van der Waals surface area contributed by atoms with Crippen LogP contribution in [-0.2, 0) is 4.79 Å². The number of carbonyl (C=O) groups excluding carboxylic acids is 2. The first kappa shape index (κ1) is 12.8. The van der Waals surface area contributed by atoms with Crippen molar-refractivity contribution in [3.8, 4) is 0 Å². The van der Waals surface area contributed by atoms with Gasteiger partial charge in [-0.25, -0.2) is 14.7 Å². The smallest absolute Gasteiger partial charge is 0.309 e. The minimum Gasteiger partial charge on any atom is -0.309 e. The molecule has 0 spiro atoms. The van der Waals surface area contributed by atoms with E-state index in [4.69, 9.17) is 0 Å². The van der Waals surface area contributed by atoms with Crippen LogP contribution in [0.25, 0.3) is 10.2 Å². The lowest BCUT2D eigenvalue weighted by Gasteiger charge is -2.35. The molecule has 2 heterocycles. The van der Waals surface area contributed by atoms with Crippen LogP contribution in [0.2, 0.25) is 0 Å². The fraction of sp³-hybridized carbons (Fsp3) is 0.400. The maximum absolute atomic E-state index is 12.7. The molecule has 1 aromatic heterocycles. The molecule has 1 aromatic carbocycles. The number of hydrogen-bond donors (Lipinski definition) is 0. The molecule has 4 rings (SSSR count). The van der Waals surface area contributed by atoms with Crippen molar-refractivity contribution in [2.24, 2.45) is 0 Å².